The van der Waals surface area contributed by atoms with Crippen LogP contribution in [0.5, 0.6) is 0 Å². The number of thioether (sulfide) groups is 1. The van der Waals surface area contributed by atoms with Gasteiger partial charge in [0.2, 0.25) is 0 Å². The molecule has 0 aliphatic rings. The van der Waals surface area contributed by atoms with Gasteiger partial charge in [0.25, 0.3) is 0 Å². The molecule has 0 bridgehead atoms. The summed E-state index contributed by atoms with van der Waals surface area (Å²) >= 11 is 1.95. The van der Waals surface area contributed by atoms with Crippen LogP contribution >= 0.6 is 11.8 Å². The number of hydrogen-bond donors (Lipinski definition) is 0. The van der Waals surface area contributed by atoms with Gasteiger partial charge < -0.3 is 0 Å². The minimum Gasteiger partial charge on any atom is -0.165 e. The molecule has 0 aromatic rings. The smallest absolute Gasteiger partial charge is 0.00189 e. The molecule has 0 spiro atoms. The van der Waals surface area contributed by atoms with Gasteiger partial charge in [-0.3, -0.25) is 0 Å². The van der Waals surface area contributed by atoms with Crippen molar-refractivity contribution in [3.63, 3.8) is 0 Å². The Labute approximate surface area is 63.4 Å². The van der Waals surface area contributed by atoms with E-state index in [1.165, 1.54) is 18.6 Å². The Bertz CT molecular complexity index is 59.0. The topological polar surface area (TPSA) is 0 Å². The second kappa shape index (κ2) is 4.21. The molecule has 0 amide bonds. The van der Waals surface area contributed by atoms with Gasteiger partial charge in [0.05, 0.1) is 0 Å². The zero-order valence-electron chi connectivity index (χ0n) is 7.03. The summed E-state index contributed by atoms with van der Waals surface area (Å²) in [6.07, 6.45) is 4.85. The molecule has 0 rings (SSSR count). The summed E-state index contributed by atoms with van der Waals surface area (Å²) in [6, 6.07) is 0. The first-order chi connectivity index (χ1) is 4.12. The SMILES string of the molecule is CCCC(C)(C)CSC. The van der Waals surface area contributed by atoms with E-state index >= 15 is 0 Å². The van der Waals surface area contributed by atoms with E-state index in [1.54, 1.807) is 0 Å². The molecule has 0 heterocycles. The van der Waals surface area contributed by atoms with Crippen LogP contribution in [-0.2, 0) is 0 Å². The van der Waals surface area contributed by atoms with Crippen molar-refractivity contribution in [1.82, 2.24) is 0 Å². The van der Waals surface area contributed by atoms with Gasteiger partial charge in [0.1, 0.15) is 0 Å². The molecule has 0 aliphatic carbocycles. The highest BCUT2D eigenvalue weighted by molar-refractivity contribution is 7.98. The standard InChI is InChI=1S/C8H18S/c1-5-6-8(2,3)7-9-4/h5-7H2,1-4H3. The molecule has 0 atom stereocenters. The summed E-state index contributed by atoms with van der Waals surface area (Å²) in [4.78, 5) is 0. The molecule has 9 heavy (non-hydrogen) atoms. The quantitative estimate of drug-likeness (QED) is 0.587. The van der Waals surface area contributed by atoms with Gasteiger partial charge in [0.15, 0.2) is 0 Å². The monoisotopic (exact) mass is 146 g/mol. The third kappa shape index (κ3) is 4.83. The van der Waals surface area contributed by atoms with Crippen LogP contribution in [-0.4, -0.2) is 12.0 Å². The Morgan fingerprint density at radius 2 is 1.89 bits per heavy atom. The Balaban J connectivity index is 3.43. The maximum Gasteiger partial charge on any atom is -0.00189 e. The predicted octanol–water partition coefficient (Wildman–Crippen LogP) is 3.18. The predicted molar refractivity (Wildman–Crippen MR) is 47.1 cm³/mol. The van der Waals surface area contributed by atoms with Crippen molar-refractivity contribution in [2.75, 3.05) is 12.0 Å². The first-order valence-corrected chi connectivity index (χ1v) is 5.00. The van der Waals surface area contributed by atoms with Crippen molar-refractivity contribution in [2.45, 2.75) is 33.6 Å². The van der Waals surface area contributed by atoms with Crippen molar-refractivity contribution in [1.29, 1.82) is 0 Å². The molecule has 0 N–H and O–H groups in total. The van der Waals surface area contributed by atoms with Crippen LogP contribution in [0.1, 0.15) is 33.6 Å². The Morgan fingerprint density at radius 3 is 2.22 bits per heavy atom. The first kappa shape index (κ1) is 9.35. The number of rotatable bonds is 4. The molecule has 0 aromatic carbocycles. The van der Waals surface area contributed by atoms with Crippen LogP contribution in [0.2, 0.25) is 0 Å². The average Bonchev–Trinajstić information content (AvgIpc) is 1.64. The zero-order valence-corrected chi connectivity index (χ0v) is 7.85. The molecule has 1 heteroatoms. The molecule has 56 valence electrons. The normalized spacial score (nSPS) is 12.0. The Morgan fingerprint density at radius 1 is 1.33 bits per heavy atom. The second-order valence-electron chi connectivity index (χ2n) is 3.35. The fourth-order valence-corrected chi connectivity index (χ4v) is 2.07. The summed E-state index contributed by atoms with van der Waals surface area (Å²) < 4.78 is 0. The molecule has 0 nitrogen and oxygen atoms in total. The summed E-state index contributed by atoms with van der Waals surface area (Å²) in [5.41, 5.74) is 0.564. The molecule has 0 saturated carbocycles. The molecular weight excluding hydrogens is 128 g/mol. The van der Waals surface area contributed by atoms with Gasteiger partial charge in [0, 0.05) is 0 Å². The lowest BCUT2D eigenvalue weighted by Crippen LogP contribution is -2.13. The lowest BCUT2D eigenvalue weighted by molar-refractivity contribution is 0.383. The van der Waals surface area contributed by atoms with E-state index in [0.717, 1.165) is 0 Å². The summed E-state index contributed by atoms with van der Waals surface area (Å²) in [5.74, 6) is 1.29. The van der Waals surface area contributed by atoms with E-state index < -0.39 is 0 Å². The molecule has 0 radical (unpaired) electrons. The maximum atomic E-state index is 2.34. The summed E-state index contributed by atoms with van der Waals surface area (Å²) in [7, 11) is 0. The highest BCUT2D eigenvalue weighted by Gasteiger charge is 2.14. The minimum absolute atomic E-state index is 0.564. The third-order valence-electron chi connectivity index (χ3n) is 1.46. The highest BCUT2D eigenvalue weighted by atomic mass is 32.2. The number of hydrogen-bond acceptors (Lipinski definition) is 1. The summed E-state index contributed by atoms with van der Waals surface area (Å²) in [5, 5.41) is 0. The molecule has 0 fully saturated rings. The van der Waals surface area contributed by atoms with Crippen molar-refractivity contribution in [3.05, 3.63) is 0 Å². The van der Waals surface area contributed by atoms with Crippen LogP contribution in [0.15, 0.2) is 0 Å². The maximum absolute atomic E-state index is 2.34. The average molecular weight is 146 g/mol. The largest absolute Gasteiger partial charge is 0.165 e. The second-order valence-corrected chi connectivity index (χ2v) is 4.21. The fourth-order valence-electron chi connectivity index (χ4n) is 1.14. The van der Waals surface area contributed by atoms with Crippen LogP contribution < -0.4 is 0 Å². The van der Waals surface area contributed by atoms with Crippen LogP contribution in [0.3, 0.4) is 0 Å². The van der Waals surface area contributed by atoms with Crippen molar-refractivity contribution < 1.29 is 0 Å². The summed E-state index contributed by atoms with van der Waals surface area (Å²) in [6.45, 7) is 6.93. The lowest BCUT2D eigenvalue weighted by Gasteiger charge is -2.21. The molecule has 0 saturated heterocycles. The van der Waals surface area contributed by atoms with Gasteiger partial charge >= 0.3 is 0 Å². The van der Waals surface area contributed by atoms with E-state index in [-0.39, 0.29) is 0 Å². The van der Waals surface area contributed by atoms with E-state index in [1.807, 2.05) is 11.8 Å². The fraction of sp³-hybridized carbons (Fsp3) is 1.00. The molecule has 0 aromatic heterocycles. The minimum atomic E-state index is 0.564. The van der Waals surface area contributed by atoms with Gasteiger partial charge in [-0.1, -0.05) is 27.2 Å². The van der Waals surface area contributed by atoms with E-state index in [9.17, 15) is 0 Å². The Kier molecular flexibility index (Phi) is 4.37. The van der Waals surface area contributed by atoms with Gasteiger partial charge in [-0.15, -0.1) is 0 Å². The molecule has 0 aliphatic heterocycles. The zero-order chi connectivity index (χ0) is 7.33. The van der Waals surface area contributed by atoms with E-state index in [2.05, 4.69) is 27.0 Å². The van der Waals surface area contributed by atoms with Gasteiger partial charge in [-0.2, -0.15) is 11.8 Å². The Hall–Kier alpha value is 0.350. The molecule has 0 unspecified atom stereocenters. The van der Waals surface area contributed by atoms with E-state index in [4.69, 9.17) is 0 Å². The van der Waals surface area contributed by atoms with Crippen LogP contribution in [0.4, 0.5) is 0 Å². The van der Waals surface area contributed by atoms with Crippen LogP contribution in [0, 0.1) is 5.41 Å². The van der Waals surface area contributed by atoms with Gasteiger partial charge in [-0.05, 0) is 23.8 Å². The van der Waals surface area contributed by atoms with Crippen molar-refractivity contribution in [2.24, 2.45) is 5.41 Å². The molecular formula is C8H18S. The van der Waals surface area contributed by atoms with Crippen molar-refractivity contribution >= 4 is 11.8 Å². The highest BCUT2D eigenvalue weighted by Crippen LogP contribution is 2.25. The van der Waals surface area contributed by atoms with E-state index in [0.29, 0.717) is 5.41 Å². The lowest BCUT2D eigenvalue weighted by atomic mass is 9.91. The van der Waals surface area contributed by atoms with Crippen LogP contribution in [0.25, 0.3) is 0 Å². The first-order valence-electron chi connectivity index (χ1n) is 3.61. The third-order valence-corrected chi connectivity index (χ3v) is 2.53. The van der Waals surface area contributed by atoms with Crippen molar-refractivity contribution in [3.8, 4) is 0 Å². The van der Waals surface area contributed by atoms with Gasteiger partial charge in [-0.25, -0.2) is 0 Å².